The Morgan fingerprint density at radius 1 is 0.736 bits per heavy atom. The molecule has 1 aliphatic heterocycles. The van der Waals surface area contributed by atoms with Crippen LogP contribution in [-0.4, -0.2) is 49.9 Å². The average molecular weight is 767 g/mol. The SMILES string of the molecule is CCCCCCCCCCCCCCCCC(O)[C@H]1OC(OC2(P(=O)(O)O)CC[C@@]3(C)C(CCC4C3CC[C@@]3(C)C4CC[C@@H]3[C@H](C)CCC)C2)C[C@@H]1O. The summed E-state index contributed by atoms with van der Waals surface area (Å²) in [6.07, 6.45) is 26.5. The number of fused-ring (bicyclic) bond motifs is 5. The van der Waals surface area contributed by atoms with Gasteiger partial charge in [0.05, 0.1) is 12.2 Å². The van der Waals surface area contributed by atoms with Gasteiger partial charge in [-0.1, -0.05) is 137 Å². The van der Waals surface area contributed by atoms with Crippen molar-refractivity contribution in [3.63, 3.8) is 0 Å². The van der Waals surface area contributed by atoms with Gasteiger partial charge in [0.2, 0.25) is 0 Å². The molecule has 0 amide bonds. The lowest BCUT2D eigenvalue weighted by Crippen LogP contribution is -2.56. The van der Waals surface area contributed by atoms with Crippen molar-refractivity contribution in [2.75, 3.05) is 0 Å². The van der Waals surface area contributed by atoms with Crippen molar-refractivity contribution in [3.8, 4) is 0 Å². The zero-order valence-electron chi connectivity index (χ0n) is 34.8. The number of rotatable bonds is 22. The Kier molecular flexibility index (Phi) is 16.3. The lowest BCUT2D eigenvalue weighted by atomic mass is 9.44. The van der Waals surface area contributed by atoms with Crippen molar-refractivity contribution >= 4 is 7.60 Å². The van der Waals surface area contributed by atoms with E-state index < -0.39 is 37.5 Å². The molecule has 8 heteroatoms. The first kappa shape index (κ1) is 44.1. The number of ether oxygens (including phenoxy) is 2. The second kappa shape index (κ2) is 19.6. The van der Waals surface area contributed by atoms with Crippen LogP contribution >= 0.6 is 7.60 Å². The molecule has 1 saturated heterocycles. The fourth-order valence-electron chi connectivity index (χ4n) is 13.3. The van der Waals surface area contributed by atoms with E-state index in [-0.39, 0.29) is 17.8 Å². The second-order valence-corrected chi connectivity index (χ2v) is 21.7. The molecule has 53 heavy (non-hydrogen) atoms. The smallest absolute Gasteiger partial charge is 0.357 e. The van der Waals surface area contributed by atoms with Gasteiger partial charge in [0.25, 0.3) is 0 Å². The highest BCUT2D eigenvalue weighted by atomic mass is 31.2. The van der Waals surface area contributed by atoms with Crippen LogP contribution in [0, 0.1) is 46.3 Å². The molecule has 13 atom stereocenters. The topological polar surface area (TPSA) is 116 Å². The van der Waals surface area contributed by atoms with E-state index in [0.717, 1.165) is 56.3 Å². The molecule has 4 saturated carbocycles. The van der Waals surface area contributed by atoms with Crippen LogP contribution in [0.4, 0.5) is 0 Å². The molecule has 7 nitrogen and oxygen atoms in total. The summed E-state index contributed by atoms with van der Waals surface area (Å²) in [6.45, 7) is 12.1. The van der Waals surface area contributed by atoms with Crippen LogP contribution in [0.5, 0.6) is 0 Å². The highest BCUT2D eigenvalue weighted by Crippen LogP contribution is 2.72. The molecule has 0 spiro atoms. The Balaban J connectivity index is 1.07. The van der Waals surface area contributed by atoms with Gasteiger partial charge in [-0.25, -0.2) is 0 Å². The van der Waals surface area contributed by atoms with Crippen molar-refractivity contribution in [1.82, 2.24) is 0 Å². The maximum atomic E-state index is 13.4. The van der Waals surface area contributed by atoms with Gasteiger partial charge >= 0.3 is 7.60 Å². The van der Waals surface area contributed by atoms with Crippen molar-refractivity contribution < 1.29 is 34.0 Å². The number of unbranched alkanes of at least 4 members (excludes halogenated alkanes) is 13. The van der Waals surface area contributed by atoms with E-state index in [2.05, 4.69) is 34.6 Å². The summed E-state index contributed by atoms with van der Waals surface area (Å²) >= 11 is 0. The van der Waals surface area contributed by atoms with Gasteiger partial charge in [-0.3, -0.25) is 4.57 Å². The van der Waals surface area contributed by atoms with Crippen LogP contribution in [-0.2, 0) is 14.0 Å². The normalized spacial score (nSPS) is 39.7. The molecule has 0 aromatic carbocycles. The van der Waals surface area contributed by atoms with Gasteiger partial charge in [-0.2, -0.15) is 0 Å². The van der Waals surface area contributed by atoms with Crippen molar-refractivity contribution in [1.29, 1.82) is 0 Å². The molecule has 4 aliphatic carbocycles. The predicted molar refractivity (Wildman–Crippen MR) is 215 cm³/mol. The molecule has 1 heterocycles. The molecule has 0 bridgehead atoms. The fraction of sp³-hybridized carbons (Fsp3) is 1.00. The molecule has 5 fully saturated rings. The van der Waals surface area contributed by atoms with Gasteiger partial charge in [-0.15, -0.1) is 0 Å². The van der Waals surface area contributed by atoms with Gasteiger partial charge in [0, 0.05) is 6.42 Å². The minimum Gasteiger partial charge on any atom is -0.390 e. The molecule has 4 N–H and O–H groups in total. The van der Waals surface area contributed by atoms with Crippen LogP contribution in [0.3, 0.4) is 0 Å². The number of aliphatic hydroxyl groups excluding tert-OH is 2. The Hall–Kier alpha value is -0.0100. The van der Waals surface area contributed by atoms with Gasteiger partial charge in [0.15, 0.2) is 11.6 Å². The first-order chi connectivity index (χ1) is 25.3. The molecular weight excluding hydrogens is 683 g/mol. The number of hydrogen-bond donors (Lipinski definition) is 4. The summed E-state index contributed by atoms with van der Waals surface area (Å²) in [7, 11) is -4.66. The fourth-order valence-corrected chi connectivity index (χ4v) is 14.4. The predicted octanol–water partition coefficient (Wildman–Crippen LogP) is 11.7. The van der Waals surface area contributed by atoms with E-state index >= 15 is 0 Å². The molecule has 5 rings (SSSR count). The lowest BCUT2D eigenvalue weighted by molar-refractivity contribution is -0.222. The maximum Gasteiger partial charge on any atom is 0.357 e. The Morgan fingerprint density at radius 2 is 1.34 bits per heavy atom. The van der Waals surface area contributed by atoms with Gasteiger partial charge in [-0.05, 0) is 111 Å². The van der Waals surface area contributed by atoms with Crippen molar-refractivity contribution in [2.24, 2.45) is 46.3 Å². The molecule has 0 aromatic heterocycles. The van der Waals surface area contributed by atoms with Crippen LogP contribution in [0.25, 0.3) is 0 Å². The average Bonchev–Trinajstić information content (AvgIpc) is 3.66. The third kappa shape index (κ3) is 10.2. The third-order valence-electron chi connectivity index (χ3n) is 16.4. The van der Waals surface area contributed by atoms with E-state index in [1.54, 1.807) is 0 Å². The van der Waals surface area contributed by atoms with Crippen LogP contribution < -0.4 is 0 Å². The zero-order valence-corrected chi connectivity index (χ0v) is 35.7. The quantitative estimate of drug-likeness (QED) is 0.0640. The van der Waals surface area contributed by atoms with Gasteiger partial charge in [0.1, 0.15) is 6.10 Å². The summed E-state index contributed by atoms with van der Waals surface area (Å²) in [4.78, 5) is 21.8. The third-order valence-corrected chi connectivity index (χ3v) is 18.0. The number of aliphatic hydroxyl groups is 2. The van der Waals surface area contributed by atoms with E-state index in [1.807, 2.05) is 0 Å². The highest BCUT2D eigenvalue weighted by molar-refractivity contribution is 7.53. The first-order valence-electron chi connectivity index (χ1n) is 23.0. The molecular formula is C45H83O7P. The van der Waals surface area contributed by atoms with Crippen molar-refractivity contribution in [2.45, 2.75) is 238 Å². The largest absolute Gasteiger partial charge is 0.390 e. The van der Waals surface area contributed by atoms with Crippen molar-refractivity contribution in [3.05, 3.63) is 0 Å². The first-order valence-corrected chi connectivity index (χ1v) is 24.7. The Labute approximate surface area is 325 Å². The van der Waals surface area contributed by atoms with Crippen LogP contribution in [0.15, 0.2) is 0 Å². The molecule has 7 unspecified atom stereocenters. The molecule has 0 aromatic rings. The van der Waals surface area contributed by atoms with Gasteiger partial charge < -0.3 is 29.5 Å². The van der Waals surface area contributed by atoms with Crippen LogP contribution in [0.1, 0.15) is 208 Å². The number of hydrogen-bond acceptors (Lipinski definition) is 5. The minimum absolute atomic E-state index is 0.0573. The zero-order chi connectivity index (χ0) is 38.3. The summed E-state index contributed by atoms with van der Waals surface area (Å²) in [6, 6.07) is 0. The summed E-state index contributed by atoms with van der Waals surface area (Å²) in [5.74, 6) is 3.90. The standard InChI is InChI=1S/C45H83O7P/c1-6-8-9-10-11-12-13-14-15-16-17-18-19-20-22-39(46)42-40(47)31-41(51-42)52-45(53(48,49)50)30-29-43(4)34(32-45)23-24-35-37-26-25-36(33(3)21-7-2)44(37,5)28-27-38(35)43/h33-42,46-47H,6-32H2,1-5H3,(H2,48,49,50)/t33-,34?,35?,36-,37?,38?,39?,40+,41?,42-,43+,44-,45?/m1/s1. The molecule has 310 valence electrons. The monoisotopic (exact) mass is 767 g/mol. The second-order valence-electron chi connectivity index (χ2n) is 19.7. The van der Waals surface area contributed by atoms with E-state index in [4.69, 9.17) is 9.47 Å². The minimum atomic E-state index is -4.66. The van der Waals surface area contributed by atoms with E-state index in [0.29, 0.717) is 36.5 Å². The summed E-state index contributed by atoms with van der Waals surface area (Å²) in [5.41, 5.74) is 0.488. The summed E-state index contributed by atoms with van der Waals surface area (Å²) < 4.78 is 25.9. The summed E-state index contributed by atoms with van der Waals surface area (Å²) in [5, 5.41) is 20.4. The molecule has 5 aliphatic rings. The maximum absolute atomic E-state index is 13.4. The Bertz CT molecular complexity index is 1150. The van der Waals surface area contributed by atoms with E-state index in [1.165, 1.54) is 109 Å². The van der Waals surface area contributed by atoms with E-state index in [9.17, 15) is 24.6 Å². The highest BCUT2D eigenvalue weighted by Gasteiger charge is 2.65. The molecule has 0 radical (unpaired) electrons. The lowest BCUT2D eigenvalue weighted by Gasteiger charge is -2.62. The Morgan fingerprint density at radius 3 is 1.94 bits per heavy atom. The van der Waals surface area contributed by atoms with Crippen LogP contribution in [0.2, 0.25) is 0 Å².